The van der Waals surface area contributed by atoms with E-state index in [4.69, 9.17) is 15.8 Å². The fourth-order valence-corrected chi connectivity index (χ4v) is 5.07. The van der Waals surface area contributed by atoms with Gasteiger partial charge in [0.25, 0.3) is 5.91 Å². The molecular formula is C23H27FN6O. The normalized spacial score (nSPS) is 24.1. The van der Waals surface area contributed by atoms with Crippen molar-refractivity contribution in [2.45, 2.75) is 63.5 Å². The number of amides is 1. The molecule has 8 heteroatoms. The third-order valence-electron chi connectivity index (χ3n) is 6.64. The molecule has 1 aliphatic heterocycles. The number of pyridine rings is 1. The Hall–Kier alpha value is -2.87. The third-order valence-corrected chi connectivity index (χ3v) is 6.64. The van der Waals surface area contributed by atoms with Crippen LogP contribution in [0.15, 0.2) is 30.6 Å². The van der Waals surface area contributed by atoms with Crippen LogP contribution >= 0.6 is 0 Å². The average molecular weight is 423 g/mol. The molecule has 0 bridgehead atoms. The minimum Gasteiger partial charge on any atom is -0.330 e. The van der Waals surface area contributed by atoms with Crippen LogP contribution in [0.1, 0.15) is 77.8 Å². The van der Waals surface area contributed by atoms with Gasteiger partial charge in [0.1, 0.15) is 0 Å². The molecule has 31 heavy (non-hydrogen) atoms. The van der Waals surface area contributed by atoms with Crippen LogP contribution in [0.3, 0.4) is 0 Å². The molecule has 1 saturated heterocycles. The topological polar surface area (TPSA) is 89.4 Å². The maximum Gasteiger partial charge on any atom is 0.259 e. The number of rotatable bonds is 3. The molecule has 7 nitrogen and oxygen atoms in total. The number of piperidine rings is 1. The number of nitrogens with zero attached hydrogens (tertiary/aromatic N) is 5. The zero-order chi connectivity index (χ0) is 21.5. The highest BCUT2D eigenvalue weighted by Gasteiger charge is 2.32. The SMILES string of the molecule is Cc1cn2nc([C@@H]3CCCCN3C(=O)c3cccnc3F)cc2nc1C1CC[C@H](N)C1. The Labute approximate surface area is 180 Å². The van der Waals surface area contributed by atoms with E-state index in [0.717, 1.165) is 61.1 Å². The van der Waals surface area contributed by atoms with Crippen molar-refractivity contribution in [1.82, 2.24) is 24.5 Å². The Morgan fingerprint density at radius 1 is 1.26 bits per heavy atom. The first-order valence-corrected chi connectivity index (χ1v) is 11.0. The maximum absolute atomic E-state index is 14.2. The van der Waals surface area contributed by atoms with Gasteiger partial charge in [0.15, 0.2) is 5.65 Å². The minimum atomic E-state index is -0.733. The highest BCUT2D eigenvalue weighted by molar-refractivity contribution is 5.94. The molecule has 5 rings (SSSR count). The van der Waals surface area contributed by atoms with Crippen molar-refractivity contribution in [3.8, 4) is 0 Å². The van der Waals surface area contributed by atoms with Gasteiger partial charge in [-0.1, -0.05) is 0 Å². The van der Waals surface area contributed by atoms with Gasteiger partial charge in [-0.2, -0.15) is 9.49 Å². The van der Waals surface area contributed by atoms with E-state index in [1.165, 1.54) is 12.3 Å². The molecule has 162 valence electrons. The van der Waals surface area contributed by atoms with Gasteiger partial charge in [0, 0.05) is 37.0 Å². The molecule has 3 atom stereocenters. The Kier molecular flexibility index (Phi) is 5.17. The van der Waals surface area contributed by atoms with Crippen LogP contribution in [0, 0.1) is 12.9 Å². The highest BCUT2D eigenvalue weighted by atomic mass is 19.1. The molecule has 0 radical (unpaired) electrons. The molecule has 2 N–H and O–H groups in total. The number of carbonyl (C=O) groups is 1. The quantitative estimate of drug-likeness (QED) is 0.652. The second kappa shape index (κ2) is 8.00. The number of nitrogens with two attached hydrogens (primary N) is 1. The van der Waals surface area contributed by atoms with Gasteiger partial charge < -0.3 is 10.6 Å². The molecule has 3 aromatic rings. The van der Waals surface area contributed by atoms with E-state index in [0.29, 0.717) is 12.5 Å². The second-order valence-corrected chi connectivity index (χ2v) is 8.80. The van der Waals surface area contributed by atoms with Crippen LogP contribution in [-0.2, 0) is 0 Å². The lowest BCUT2D eigenvalue weighted by molar-refractivity contribution is 0.0600. The Bertz CT molecular complexity index is 1130. The summed E-state index contributed by atoms with van der Waals surface area (Å²) >= 11 is 0. The lowest BCUT2D eigenvalue weighted by atomic mass is 9.98. The van der Waals surface area contributed by atoms with Crippen molar-refractivity contribution in [1.29, 1.82) is 0 Å². The van der Waals surface area contributed by atoms with Crippen LogP contribution in [0.2, 0.25) is 0 Å². The fraction of sp³-hybridized carbons (Fsp3) is 0.478. The third kappa shape index (κ3) is 3.69. The zero-order valence-corrected chi connectivity index (χ0v) is 17.7. The van der Waals surface area contributed by atoms with Crippen molar-refractivity contribution < 1.29 is 9.18 Å². The molecule has 3 aromatic heterocycles. The number of carbonyl (C=O) groups excluding carboxylic acids is 1. The van der Waals surface area contributed by atoms with Crippen LogP contribution in [0.25, 0.3) is 5.65 Å². The summed E-state index contributed by atoms with van der Waals surface area (Å²) in [6, 6.07) is 5.09. The summed E-state index contributed by atoms with van der Waals surface area (Å²) in [7, 11) is 0. The zero-order valence-electron chi connectivity index (χ0n) is 17.7. The van der Waals surface area contributed by atoms with E-state index in [2.05, 4.69) is 11.9 Å². The van der Waals surface area contributed by atoms with Gasteiger partial charge >= 0.3 is 0 Å². The molecule has 4 heterocycles. The second-order valence-electron chi connectivity index (χ2n) is 8.80. The molecule has 2 aliphatic rings. The van der Waals surface area contributed by atoms with Crippen molar-refractivity contribution in [3.05, 3.63) is 59.1 Å². The van der Waals surface area contributed by atoms with Crippen LogP contribution in [-0.4, -0.2) is 43.0 Å². The lowest BCUT2D eigenvalue weighted by Gasteiger charge is -2.34. The summed E-state index contributed by atoms with van der Waals surface area (Å²) in [5, 5.41) is 4.75. The summed E-state index contributed by atoms with van der Waals surface area (Å²) in [6.07, 6.45) is 9.11. The minimum absolute atomic E-state index is 0.00647. The Morgan fingerprint density at radius 2 is 2.13 bits per heavy atom. The molecule has 1 saturated carbocycles. The monoisotopic (exact) mass is 422 g/mol. The first-order chi connectivity index (χ1) is 15.0. The summed E-state index contributed by atoms with van der Waals surface area (Å²) in [4.78, 5) is 23.4. The Morgan fingerprint density at radius 3 is 2.90 bits per heavy atom. The van der Waals surface area contributed by atoms with Crippen LogP contribution < -0.4 is 5.73 Å². The van der Waals surface area contributed by atoms with Crippen LogP contribution in [0.5, 0.6) is 0 Å². The Balaban J connectivity index is 1.48. The maximum atomic E-state index is 14.2. The van der Waals surface area contributed by atoms with Crippen molar-refractivity contribution >= 4 is 11.6 Å². The number of aryl methyl sites for hydroxylation is 1. The van der Waals surface area contributed by atoms with E-state index >= 15 is 0 Å². The number of likely N-dealkylation sites (tertiary alicyclic amines) is 1. The largest absolute Gasteiger partial charge is 0.330 e. The number of hydrogen-bond donors (Lipinski definition) is 1. The lowest BCUT2D eigenvalue weighted by Crippen LogP contribution is -2.39. The van der Waals surface area contributed by atoms with E-state index in [9.17, 15) is 9.18 Å². The van der Waals surface area contributed by atoms with Crippen molar-refractivity contribution in [3.63, 3.8) is 0 Å². The number of halogens is 1. The standard InChI is InChI=1S/C23H27FN6O/c1-14-13-30-20(27-21(14)15-7-8-16(25)11-15)12-18(28-30)19-6-2-3-10-29(19)23(31)17-5-4-9-26-22(17)24/h4-5,9,12-13,15-16,19H,2-3,6-8,10-11,25H2,1H3/t15?,16-,19-/m0/s1. The van der Waals surface area contributed by atoms with Crippen LogP contribution in [0.4, 0.5) is 4.39 Å². The predicted molar refractivity (Wildman–Crippen MR) is 114 cm³/mol. The van der Waals surface area contributed by atoms with Crippen molar-refractivity contribution in [2.75, 3.05) is 6.54 Å². The first-order valence-electron chi connectivity index (χ1n) is 11.0. The average Bonchev–Trinajstić information content (AvgIpc) is 3.38. The summed E-state index contributed by atoms with van der Waals surface area (Å²) in [5.41, 5.74) is 9.90. The van der Waals surface area contributed by atoms with Gasteiger partial charge in [0.2, 0.25) is 5.95 Å². The van der Waals surface area contributed by atoms with E-state index in [1.54, 1.807) is 15.5 Å². The molecule has 1 unspecified atom stereocenters. The number of fused-ring (bicyclic) bond motifs is 1. The summed E-state index contributed by atoms with van der Waals surface area (Å²) in [5.74, 6) is -0.680. The van der Waals surface area contributed by atoms with Gasteiger partial charge in [-0.05, 0) is 63.1 Å². The fourth-order valence-electron chi connectivity index (χ4n) is 5.07. The van der Waals surface area contributed by atoms with E-state index in [1.807, 2.05) is 12.3 Å². The van der Waals surface area contributed by atoms with E-state index < -0.39 is 5.95 Å². The molecule has 2 fully saturated rings. The van der Waals surface area contributed by atoms with E-state index in [-0.39, 0.29) is 23.6 Å². The molecule has 1 aliphatic carbocycles. The smallest absolute Gasteiger partial charge is 0.259 e. The van der Waals surface area contributed by atoms with Gasteiger partial charge in [-0.3, -0.25) is 4.79 Å². The number of aromatic nitrogens is 4. The molecule has 1 amide bonds. The summed E-state index contributed by atoms with van der Waals surface area (Å²) in [6.45, 7) is 2.64. The molecule has 0 aromatic carbocycles. The summed E-state index contributed by atoms with van der Waals surface area (Å²) < 4.78 is 16.0. The highest BCUT2D eigenvalue weighted by Crippen LogP contribution is 2.35. The van der Waals surface area contributed by atoms with Crippen molar-refractivity contribution in [2.24, 2.45) is 5.73 Å². The molecular weight excluding hydrogens is 395 g/mol. The van der Waals surface area contributed by atoms with Gasteiger partial charge in [-0.15, -0.1) is 0 Å². The first kappa shape index (κ1) is 20.1. The predicted octanol–water partition coefficient (Wildman–Crippen LogP) is 3.53. The van der Waals surface area contributed by atoms with Gasteiger partial charge in [-0.25, -0.2) is 14.5 Å². The molecule has 0 spiro atoms. The number of hydrogen-bond acceptors (Lipinski definition) is 5. The van der Waals surface area contributed by atoms with Gasteiger partial charge in [0.05, 0.1) is 23.0 Å².